The van der Waals surface area contributed by atoms with Gasteiger partial charge in [0.25, 0.3) is 0 Å². The summed E-state index contributed by atoms with van der Waals surface area (Å²) in [6.45, 7) is 9.14. The van der Waals surface area contributed by atoms with Crippen molar-refractivity contribution in [2.45, 2.75) is 52.9 Å². The van der Waals surface area contributed by atoms with Crippen LogP contribution in [0.4, 0.5) is 0 Å². The van der Waals surface area contributed by atoms with Crippen LogP contribution < -0.4 is 0 Å². The summed E-state index contributed by atoms with van der Waals surface area (Å²) in [7, 11) is 8.57. The monoisotopic (exact) mass is 536 g/mol. The standard InChI is InChI=1S/C35H44N4O/c1-34(2)27-17-13-23-36(5)32(27)38(7)29(34)19-11-9-15-25-21-22-26(31(25)40)16-10-12-20-30-35(3,4)28-18-14-24-37(6)33(28)39(30)8/h9-20,23-24,32-33H,21-22H2,1-8H3/b11-9+,12-10+,25-15+,26-16+,29-19+,30-20+. The first-order valence-corrected chi connectivity index (χ1v) is 14.3. The lowest BCUT2D eigenvalue weighted by molar-refractivity contribution is -0.111. The van der Waals surface area contributed by atoms with Crippen molar-refractivity contribution >= 4 is 5.78 Å². The molecule has 40 heavy (non-hydrogen) atoms. The lowest BCUT2D eigenvalue weighted by Gasteiger charge is -2.33. The molecule has 1 aliphatic carbocycles. The summed E-state index contributed by atoms with van der Waals surface area (Å²) in [5.41, 5.74) is 7.06. The Labute approximate surface area is 240 Å². The summed E-state index contributed by atoms with van der Waals surface area (Å²) in [4.78, 5) is 22.2. The fourth-order valence-electron chi connectivity index (χ4n) is 7.12. The molecule has 210 valence electrons. The molecule has 0 bridgehead atoms. The van der Waals surface area contributed by atoms with Gasteiger partial charge >= 0.3 is 0 Å². The number of rotatable bonds is 4. The number of hydrogen-bond acceptors (Lipinski definition) is 5. The lowest BCUT2D eigenvalue weighted by Crippen LogP contribution is -2.38. The summed E-state index contributed by atoms with van der Waals surface area (Å²) in [5.74, 6) is 0.166. The molecule has 0 amide bonds. The van der Waals surface area contributed by atoms with Crippen molar-refractivity contribution in [2.75, 3.05) is 28.2 Å². The van der Waals surface area contributed by atoms with E-state index in [1.54, 1.807) is 0 Å². The van der Waals surface area contributed by atoms with Crippen LogP contribution in [0.5, 0.6) is 0 Å². The van der Waals surface area contributed by atoms with Crippen LogP contribution in [0.1, 0.15) is 40.5 Å². The molecule has 5 rings (SSSR count). The highest BCUT2D eigenvalue weighted by molar-refractivity contribution is 6.11. The van der Waals surface area contributed by atoms with Crippen LogP contribution in [-0.4, -0.2) is 65.9 Å². The molecule has 0 spiro atoms. The first kappa shape index (κ1) is 27.8. The molecule has 4 heterocycles. The van der Waals surface area contributed by atoms with Crippen LogP contribution in [0, 0.1) is 10.8 Å². The van der Waals surface area contributed by atoms with Crippen LogP contribution in [0.15, 0.2) is 119 Å². The molecule has 0 radical (unpaired) electrons. The normalized spacial score (nSPS) is 31.1. The van der Waals surface area contributed by atoms with Crippen LogP contribution >= 0.6 is 0 Å². The minimum Gasteiger partial charge on any atom is -0.357 e. The van der Waals surface area contributed by atoms with Gasteiger partial charge in [0, 0.05) is 74.0 Å². The minimum atomic E-state index is -0.0407. The Morgan fingerprint density at radius 3 is 1.40 bits per heavy atom. The SMILES string of the molecule is CN1C=CC=C2C1N(C)/C(=C/C=C/C=C1\CC\C(=C/C=C/C=C3/N(C)C4C(=CC=CN4C)C3(C)C)C1=O)C2(C)C. The van der Waals surface area contributed by atoms with Gasteiger partial charge in [0.15, 0.2) is 5.78 Å². The summed E-state index contributed by atoms with van der Waals surface area (Å²) < 4.78 is 0. The molecule has 5 aliphatic rings. The topological polar surface area (TPSA) is 30.0 Å². The molecule has 0 aromatic heterocycles. The van der Waals surface area contributed by atoms with Crippen molar-refractivity contribution in [2.24, 2.45) is 10.8 Å². The maximum atomic E-state index is 13.0. The van der Waals surface area contributed by atoms with Crippen molar-refractivity contribution in [1.29, 1.82) is 0 Å². The highest BCUT2D eigenvalue weighted by Crippen LogP contribution is 2.49. The molecule has 2 saturated heterocycles. The molecule has 5 heteroatoms. The smallest absolute Gasteiger partial charge is 0.185 e. The number of carbonyl (C=O) groups excluding carboxylic acids is 1. The fourth-order valence-corrected chi connectivity index (χ4v) is 7.12. The van der Waals surface area contributed by atoms with Gasteiger partial charge in [0.05, 0.1) is 0 Å². The highest BCUT2D eigenvalue weighted by atomic mass is 16.1. The predicted octanol–water partition coefficient (Wildman–Crippen LogP) is 6.45. The average Bonchev–Trinajstić information content (AvgIpc) is 3.42. The molecule has 1 saturated carbocycles. The van der Waals surface area contributed by atoms with E-state index in [2.05, 4.69) is 136 Å². The largest absolute Gasteiger partial charge is 0.357 e. The molecule has 0 aromatic rings. The number of fused-ring (bicyclic) bond motifs is 2. The zero-order valence-electron chi connectivity index (χ0n) is 25.3. The van der Waals surface area contributed by atoms with E-state index < -0.39 is 0 Å². The van der Waals surface area contributed by atoms with Crippen LogP contribution in [-0.2, 0) is 4.79 Å². The zero-order valence-corrected chi connectivity index (χ0v) is 25.3. The zero-order chi connectivity index (χ0) is 28.8. The Bertz CT molecular complexity index is 1280. The van der Waals surface area contributed by atoms with E-state index in [1.165, 1.54) is 22.5 Å². The Balaban J connectivity index is 1.25. The van der Waals surface area contributed by atoms with E-state index in [9.17, 15) is 4.79 Å². The van der Waals surface area contributed by atoms with Gasteiger partial charge in [-0.15, -0.1) is 0 Å². The number of ketones is 1. The third-order valence-electron chi connectivity index (χ3n) is 9.31. The van der Waals surface area contributed by atoms with Crippen LogP contribution in [0.25, 0.3) is 0 Å². The first-order valence-electron chi connectivity index (χ1n) is 14.3. The summed E-state index contributed by atoms with van der Waals surface area (Å²) in [5, 5.41) is 0. The van der Waals surface area contributed by atoms with E-state index >= 15 is 0 Å². The Morgan fingerprint density at radius 2 is 1.02 bits per heavy atom. The molecule has 2 atom stereocenters. The van der Waals surface area contributed by atoms with Crippen molar-refractivity contribution < 1.29 is 4.79 Å². The predicted molar refractivity (Wildman–Crippen MR) is 165 cm³/mol. The van der Waals surface area contributed by atoms with Gasteiger partial charge in [-0.05, 0) is 48.3 Å². The first-order chi connectivity index (χ1) is 19.0. The van der Waals surface area contributed by atoms with E-state index in [4.69, 9.17) is 0 Å². The molecule has 0 aromatic carbocycles. The van der Waals surface area contributed by atoms with Gasteiger partial charge in [-0.3, -0.25) is 4.79 Å². The summed E-state index contributed by atoms with van der Waals surface area (Å²) in [6.07, 6.45) is 31.6. The fraction of sp³-hybridized carbons (Fsp3) is 0.400. The van der Waals surface area contributed by atoms with Crippen LogP contribution in [0.3, 0.4) is 0 Å². The van der Waals surface area contributed by atoms with Crippen molar-refractivity contribution in [3.05, 3.63) is 119 Å². The third-order valence-corrected chi connectivity index (χ3v) is 9.31. The van der Waals surface area contributed by atoms with Gasteiger partial charge in [0.2, 0.25) is 0 Å². The summed E-state index contributed by atoms with van der Waals surface area (Å²) >= 11 is 0. The van der Waals surface area contributed by atoms with Gasteiger partial charge in [0.1, 0.15) is 12.3 Å². The molecule has 3 fully saturated rings. The number of likely N-dealkylation sites (tertiary alicyclic amines) is 2. The number of Topliss-reactive ketones (excluding diaryl/α,β-unsaturated/α-hetero) is 1. The second kappa shape index (κ2) is 10.3. The maximum Gasteiger partial charge on any atom is 0.185 e. The van der Waals surface area contributed by atoms with Crippen molar-refractivity contribution in [3.8, 4) is 0 Å². The third kappa shape index (κ3) is 4.55. The van der Waals surface area contributed by atoms with E-state index in [0.29, 0.717) is 0 Å². The molecule has 0 N–H and O–H groups in total. The quantitative estimate of drug-likeness (QED) is 0.386. The molecule has 4 aliphatic heterocycles. The van der Waals surface area contributed by atoms with Gasteiger partial charge in [-0.2, -0.15) is 0 Å². The molecular weight excluding hydrogens is 492 g/mol. The summed E-state index contributed by atoms with van der Waals surface area (Å²) in [6, 6.07) is 0. The average molecular weight is 537 g/mol. The maximum absolute atomic E-state index is 13.0. The number of allylic oxidation sites excluding steroid dienone is 16. The van der Waals surface area contributed by atoms with Gasteiger partial charge < -0.3 is 19.6 Å². The molecule has 2 unspecified atom stereocenters. The van der Waals surface area contributed by atoms with E-state index in [-0.39, 0.29) is 28.9 Å². The van der Waals surface area contributed by atoms with Crippen molar-refractivity contribution in [3.63, 3.8) is 0 Å². The highest BCUT2D eigenvalue weighted by Gasteiger charge is 2.47. The number of likely N-dealkylation sites (N-methyl/N-ethyl adjacent to an activating group) is 4. The molecular formula is C35H44N4O. The second-order valence-electron chi connectivity index (χ2n) is 12.6. The van der Waals surface area contributed by atoms with Gasteiger partial charge in [-0.25, -0.2) is 0 Å². The number of nitrogens with zero attached hydrogens (tertiary/aromatic N) is 4. The van der Waals surface area contributed by atoms with Crippen molar-refractivity contribution in [1.82, 2.24) is 19.6 Å². The minimum absolute atomic E-state index is 0.0407. The lowest BCUT2D eigenvalue weighted by atomic mass is 9.82. The molecule has 5 nitrogen and oxygen atoms in total. The Morgan fingerprint density at radius 1 is 0.650 bits per heavy atom. The second-order valence-corrected chi connectivity index (χ2v) is 12.6. The van der Waals surface area contributed by atoms with E-state index in [1.807, 2.05) is 24.3 Å². The number of hydrogen-bond donors (Lipinski definition) is 0. The Kier molecular flexibility index (Phi) is 7.20. The van der Waals surface area contributed by atoms with Gasteiger partial charge in [-0.1, -0.05) is 76.3 Å². The Hall–Kier alpha value is -3.73. The van der Waals surface area contributed by atoms with Crippen LogP contribution in [0.2, 0.25) is 0 Å². The number of carbonyl (C=O) groups is 1. The van der Waals surface area contributed by atoms with E-state index in [0.717, 1.165) is 24.0 Å².